The normalized spacial score (nSPS) is 22.8. The first-order valence-electron chi connectivity index (χ1n) is 7.38. The fraction of sp³-hybridized carbons (Fsp3) is 0.625. The van der Waals surface area contributed by atoms with Gasteiger partial charge in [-0.05, 0) is 49.6 Å². The van der Waals surface area contributed by atoms with Crippen LogP contribution < -0.4 is 10.1 Å². The highest BCUT2D eigenvalue weighted by atomic mass is 79.9. The van der Waals surface area contributed by atoms with E-state index in [0.29, 0.717) is 12.0 Å². The molecule has 0 amide bonds. The van der Waals surface area contributed by atoms with Crippen molar-refractivity contribution in [1.29, 1.82) is 0 Å². The van der Waals surface area contributed by atoms with E-state index in [9.17, 15) is 0 Å². The van der Waals surface area contributed by atoms with Gasteiger partial charge < -0.3 is 14.8 Å². The number of methoxy groups -OCH3 is 1. The van der Waals surface area contributed by atoms with E-state index < -0.39 is 0 Å². The Balaban J connectivity index is 2.07. The molecular weight excluding hydrogens is 318 g/mol. The van der Waals surface area contributed by atoms with Crippen LogP contribution in [0, 0.1) is 5.92 Å². The summed E-state index contributed by atoms with van der Waals surface area (Å²) in [6, 6.07) is 6.75. The van der Waals surface area contributed by atoms with Crippen LogP contribution in [0.1, 0.15) is 25.3 Å². The molecule has 1 aliphatic rings. The first-order valence-corrected chi connectivity index (χ1v) is 8.17. The highest BCUT2D eigenvalue weighted by Crippen LogP contribution is 2.28. The molecule has 1 aromatic rings. The number of nitrogens with one attached hydrogen (secondary N) is 1. The molecule has 2 unspecified atom stereocenters. The molecule has 1 N–H and O–H groups in total. The Hall–Kier alpha value is -0.580. The average molecular weight is 342 g/mol. The Bertz CT molecular complexity index is 425. The summed E-state index contributed by atoms with van der Waals surface area (Å²) < 4.78 is 12.3. The maximum absolute atomic E-state index is 5.68. The number of rotatable bonds is 6. The summed E-state index contributed by atoms with van der Waals surface area (Å²) in [7, 11) is 1.73. The van der Waals surface area contributed by atoms with E-state index >= 15 is 0 Å². The molecule has 1 saturated heterocycles. The lowest BCUT2D eigenvalue weighted by Crippen LogP contribution is -2.44. The molecule has 0 bridgehead atoms. The van der Waals surface area contributed by atoms with Gasteiger partial charge in [0, 0.05) is 23.0 Å². The molecule has 4 heteroatoms. The van der Waals surface area contributed by atoms with Gasteiger partial charge in [-0.2, -0.15) is 0 Å². The topological polar surface area (TPSA) is 30.5 Å². The van der Waals surface area contributed by atoms with Crippen molar-refractivity contribution in [2.24, 2.45) is 5.92 Å². The van der Waals surface area contributed by atoms with E-state index in [4.69, 9.17) is 9.47 Å². The van der Waals surface area contributed by atoms with Gasteiger partial charge in [-0.1, -0.05) is 22.9 Å². The van der Waals surface area contributed by atoms with E-state index in [2.05, 4.69) is 34.2 Å². The van der Waals surface area contributed by atoms with Gasteiger partial charge in [0.15, 0.2) is 0 Å². The number of benzene rings is 1. The summed E-state index contributed by atoms with van der Waals surface area (Å²) in [5, 5.41) is 3.66. The molecule has 0 saturated carbocycles. The second-order valence-electron chi connectivity index (χ2n) is 5.34. The Morgan fingerprint density at radius 1 is 1.45 bits per heavy atom. The maximum Gasteiger partial charge on any atom is 0.122 e. The van der Waals surface area contributed by atoms with Crippen molar-refractivity contribution in [3.63, 3.8) is 0 Å². The van der Waals surface area contributed by atoms with Crippen LogP contribution in [0.2, 0.25) is 0 Å². The van der Waals surface area contributed by atoms with Crippen molar-refractivity contribution in [2.75, 3.05) is 26.9 Å². The third kappa shape index (κ3) is 4.21. The second-order valence-corrected chi connectivity index (χ2v) is 6.26. The summed E-state index contributed by atoms with van der Waals surface area (Å²) in [5.41, 5.74) is 1.25. The van der Waals surface area contributed by atoms with Gasteiger partial charge in [-0.15, -0.1) is 0 Å². The lowest BCUT2D eigenvalue weighted by atomic mass is 9.89. The third-order valence-electron chi connectivity index (χ3n) is 3.86. The van der Waals surface area contributed by atoms with Crippen molar-refractivity contribution in [3.05, 3.63) is 28.2 Å². The van der Waals surface area contributed by atoms with E-state index in [1.54, 1.807) is 7.11 Å². The van der Waals surface area contributed by atoms with Gasteiger partial charge in [0.1, 0.15) is 5.75 Å². The quantitative estimate of drug-likeness (QED) is 0.860. The second kappa shape index (κ2) is 8.01. The summed E-state index contributed by atoms with van der Waals surface area (Å²) >= 11 is 3.54. The summed E-state index contributed by atoms with van der Waals surface area (Å²) in [6.45, 7) is 4.99. The van der Waals surface area contributed by atoms with Crippen molar-refractivity contribution in [3.8, 4) is 5.75 Å². The number of ether oxygens (including phenoxy) is 2. The fourth-order valence-electron chi connectivity index (χ4n) is 2.79. The van der Waals surface area contributed by atoms with E-state index in [1.165, 1.54) is 12.0 Å². The maximum atomic E-state index is 5.68. The third-order valence-corrected chi connectivity index (χ3v) is 4.35. The molecule has 2 rings (SSSR count). The Morgan fingerprint density at radius 3 is 3.05 bits per heavy atom. The molecule has 3 nitrogen and oxygen atoms in total. The molecule has 0 radical (unpaired) electrons. The van der Waals surface area contributed by atoms with Crippen molar-refractivity contribution in [2.45, 2.75) is 32.2 Å². The summed E-state index contributed by atoms with van der Waals surface area (Å²) in [5.74, 6) is 1.48. The molecule has 1 aliphatic heterocycles. The van der Waals surface area contributed by atoms with Crippen molar-refractivity contribution >= 4 is 15.9 Å². The van der Waals surface area contributed by atoms with Gasteiger partial charge in [0.25, 0.3) is 0 Å². The molecule has 1 aromatic carbocycles. The van der Waals surface area contributed by atoms with Crippen LogP contribution in [-0.2, 0) is 11.2 Å². The van der Waals surface area contributed by atoms with Gasteiger partial charge in [0.05, 0.1) is 13.7 Å². The van der Waals surface area contributed by atoms with E-state index in [0.717, 1.165) is 42.8 Å². The summed E-state index contributed by atoms with van der Waals surface area (Å²) in [4.78, 5) is 0. The van der Waals surface area contributed by atoms with Gasteiger partial charge in [-0.25, -0.2) is 0 Å². The zero-order valence-corrected chi connectivity index (χ0v) is 13.9. The minimum Gasteiger partial charge on any atom is -0.496 e. The van der Waals surface area contributed by atoms with E-state index in [1.807, 2.05) is 12.1 Å². The van der Waals surface area contributed by atoms with Crippen LogP contribution in [0.15, 0.2) is 22.7 Å². The standard InChI is InChI=1S/C16H24BrNO2/c1-3-7-18-15-6-8-20-11-13(15)9-12-10-14(17)4-5-16(12)19-2/h4-5,10,13,15,18H,3,6-9,11H2,1-2H3. The monoisotopic (exact) mass is 341 g/mol. The molecule has 2 atom stereocenters. The number of hydrogen-bond acceptors (Lipinski definition) is 3. The average Bonchev–Trinajstić information content (AvgIpc) is 2.47. The SMILES string of the molecule is CCCNC1CCOCC1Cc1cc(Br)ccc1OC. The minimum absolute atomic E-state index is 0.512. The first-order chi connectivity index (χ1) is 9.74. The number of hydrogen-bond donors (Lipinski definition) is 1. The van der Waals surface area contributed by atoms with Crippen LogP contribution >= 0.6 is 15.9 Å². The zero-order chi connectivity index (χ0) is 14.4. The summed E-state index contributed by atoms with van der Waals surface area (Å²) in [6.07, 6.45) is 3.26. The van der Waals surface area contributed by atoms with Crippen LogP contribution in [0.5, 0.6) is 5.75 Å². The highest BCUT2D eigenvalue weighted by Gasteiger charge is 2.26. The number of halogens is 1. The Morgan fingerprint density at radius 2 is 2.30 bits per heavy atom. The zero-order valence-electron chi connectivity index (χ0n) is 12.3. The van der Waals surface area contributed by atoms with E-state index in [-0.39, 0.29) is 0 Å². The minimum atomic E-state index is 0.512. The molecule has 1 fully saturated rings. The fourth-order valence-corrected chi connectivity index (χ4v) is 3.19. The van der Waals surface area contributed by atoms with Crippen molar-refractivity contribution < 1.29 is 9.47 Å². The highest BCUT2D eigenvalue weighted by molar-refractivity contribution is 9.10. The predicted molar refractivity (Wildman–Crippen MR) is 85.4 cm³/mol. The van der Waals surface area contributed by atoms with Crippen LogP contribution in [0.4, 0.5) is 0 Å². The smallest absolute Gasteiger partial charge is 0.122 e. The van der Waals surface area contributed by atoms with Gasteiger partial charge in [-0.3, -0.25) is 0 Å². The molecule has 0 aliphatic carbocycles. The first kappa shape index (κ1) is 15.8. The van der Waals surface area contributed by atoms with Gasteiger partial charge in [0.2, 0.25) is 0 Å². The predicted octanol–water partition coefficient (Wildman–Crippen LogP) is 3.40. The van der Waals surface area contributed by atoms with Crippen LogP contribution in [0.25, 0.3) is 0 Å². The molecule has 0 aromatic heterocycles. The molecule has 1 heterocycles. The molecule has 20 heavy (non-hydrogen) atoms. The molecular formula is C16H24BrNO2. The molecule has 0 spiro atoms. The van der Waals surface area contributed by atoms with Gasteiger partial charge >= 0.3 is 0 Å². The largest absolute Gasteiger partial charge is 0.496 e. The lowest BCUT2D eigenvalue weighted by molar-refractivity contribution is 0.0321. The Labute approximate surface area is 130 Å². The van der Waals surface area contributed by atoms with Crippen molar-refractivity contribution in [1.82, 2.24) is 5.32 Å². The van der Waals surface area contributed by atoms with Crippen LogP contribution in [0.3, 0.4) is 0 Å². The lowest BCUT2D eigenvalue weighted by Gasteiger charge is -2.32. The Kier molecular flexibility index (Phi) is 6.33. The molecule has 112 valence electrons. The van der Waals surface area contributed by atoms with Crippen LogP contribution in [-0.4, -0.2) is 32.9 Å².